The maximum Gasteiger partial charge on any atom is 0.255 e. The van der Waals surface area contributed by atoms with Gasteiger partial charge in [-0.1, -0.05) is 31.5 Å². The maximum atomic E-state index is 13.5. The van der Waals surface area contributed by atoms with Crippen molar-refractivity contribution in [3.8, 4) is 0 Å². The number of likely N-dealkylation sites (tertiary alicyclic amines) is 1. The number of hydrogen-bond acceptors (Lipinski definition) is 2. The summed E-state index contributed by atoms with van der Waals surface area (Å²) in [5.74, 6) is -0.274. The molecule has 1 amide bonds. The van der Waals surface area contributed by atoms with Crippen LogP contribution in [-0.2, 0) is 0 Å². The fraction of sp³-hybridized carbons (Fsp3) is 0.562. The molecule has 1 fully saturated rings. The van der Waals surface area contributed by atoms with Crippen molar-refractivity contribution in [1.29, 1.82) is 0 Å². The normalized spacial score (nSPS) is 19.1. The molecule has 1 unspecified atom stereocenters. The summed E-state index contributed by atoms with van der Waals surface area (Å²) in [6.45, 7) is 6.53. The highest BCUT2D eigenvalue weighted by Gasteiger charge is 2.26. The van der Waals surface area contributed by atoms with Crippen LogP contribution in [0.5, 0.6) is 0 Å². The molecule has 5 heteroatoms. The molecule has 1 aromatic carbocycles. The molecule has 3 nitrogen and oxygen atoms in total. The molecule has 0 radical (unpaired) electrons. The predicted molar refractivity (Wildman–Crippen MR) is 83.2 cm³/mol. The number of nitrogens with one attached hydrogen (secondary N) is 1. The molecule has 2 rings (SSSR count). The molecule has 1 aliphatic rings. The van der Waals surface area contributed by atoms with Gasteiger partial charge in [-0.3, -0.25) is 4.79 Å². The highest BCUT2D eigenvalue weighted by molar-refractivity contribution is 6.34. The van der Waals surface area contributed by atoms with Crippen LogP contribution in [0.4, 0.5) is 4.39 Å². The first-order valence-electron chi connectivity index (χ1n) is 7.45. The van der Waals surface area contributed by atoms with E-state index >= 15 is 0 Å². The lowest BCUT2D eigenvalue weighted by Gasteiger charge is -2.33. The minimum atomic E-state index is -0.544. The predicted octanol–water partition coefficient (Wildman–Crippen LogP) is 3.33. The van der Waals surface area contributed by atoms with E-state index in [1.165, 1.54) is 12.1 Å². The lowest BCUT2D eigenvalue weighted by Crippen LogP contribution is -2.43. The Balaban J connectivity index is 2.03. The molecule has 0 aromatic heterocycles. The molecule has 0 saturated carbocycles. The molecule has 1 atom stereocenters. The van der Waals surface area contributed by atoms with Gasteiger partial charge in [0.15, 0.2) is 0 Å². The van der Waals surface area contributed by atoms with E-state index in [9.17, 15) is 9.18 Å². The topological polar surface area (TPSA) is 32.3 Å². The summed E-state index contributed by atoms with van der Waals surface area (Å²) in [5.41, 5.74) is 0.258. The van der Waals surface area contributed by atoms with Gasteiger partial charge in [-0.25, -0.2) is 4.39 Å². The van der Waals surface area contributed by atoms with Crippen molar-refractivity contribution in [2.75, 3.05) is 19.6 Å². The smallest absolute Gasteiger partial charge is 0.255 e. The van der Waals surface area contributed by atoms with Crippen molar-refractivity contribution in [1.82, 2.24) is 10.2 Å². The Morgan fingerprint density at radius 3 is 3.00 bits per heavy atom. The molecular formula is C16H22ClFN2O. The molecular weight excluding hydrogens is 291 g/mol. The summed E-state index contributed by atoms with van der Waals surface area (Å²) in [7, 11) is 0. The van der Waals surface area contributed by atoms with Crippen LogP contribution in [0.3, 0.4) is 0 Å². The molecule has 1 aliphatic heterocycles. The molecule has 0 bridgehead atoms. The van der Waals surface area contributed by atoms with E-state index in [-0.39, 0.29) is 16.5 Å². The number of nitrogens with zero attached hydrogens (tertiary/aromatic N) is 1. The highest BCUT2D eigenvalue weighted by atomic mass is 35.5. The third-order valence-electron chi connectivity index (χ3n) is 3.80. The van der Waals surface area contributed by atoms with Gasteiger partial charge < -0.3 is 10.2 Å². The largest absolute Gasteiger partial charge is 0.338 e. The van der Waals surface area contributed by atoms with Gasteiger partial charge in [-0.15, -0.1) is 0 Å². The molecule has 116 valence electrons. The van der Waals surface area contributed by atoms with Crippen molar-refractivity contribution < 1.29 is 9.18 Å². The second-order valence-corrected chi connectivity index (χ2v) is 6.30. The third-order valence-corrected chi connectivity index (χ3v) is 4.19. The average Bonchev–Trinajstić information content (AvgIpc) is 2.47. The van der Waals surface area contributed by atoms with Crippen molar-refractivity contribution in [2.24, 2.45) is 5.92 Å². The fourth-order valence-corrected chi connectivity index (χ4v) is 2.86. The van der Waals surface area contributed by atoms with Gasteiger partial charge in [0.25, 0.3) is 5.91 Å². The lowest BCUT2D eigenvalue weighted by molar-refractivity contribution is 0.0672. The second kappa shape index (κ2) is 7.23. The van der Waals surface area contributed by atoms with Crippen molar-refractivity contribution in [3.05, 3.63) is 34.6 Å². The van der Waals surface area contributed by atoms with Crippen LogP contribution < -0.4 is 5.32 Å². The monoisotopic (exact) mass is 312 g/mol. The summed E-state index contributed by atoms with van der Waals surface area (Å²) < 4.78 is 13.5. The van der Waals surface area contributed by atoms with Gasteiger partial charge in [0.2, 0.25) is 0 Å². The number of benzene rings is 1. The van der Waals surface area contributed by atoms with Crippen LogP contribution in [0.25, 0.3) is 0 Å². The summed E-state index contributed by atoms with van der Waals surface area (Å²) in [6, 6.07) is 4.82. The van der Waals surface area contributed by atoms with Crippen LogP contribution in [0.15, 0.2) is 18.2 Å². The van der Waals surface area contributed by atoms with E-state index in [1.54, 1.807) is 11.0 Å². The second-order valence-electron chi connectivity index (χ2n) is 5.92. The number of piperidine rings is 1. The Kier molecular flexibility index (Phi) is 5.59. The number of carbonyl (C=O) groups is 1. The van der Waals surface area contributed by atoms with Crippen LogP contribution in [-0.4, -0.2) is 36.5 Å². The van der Waals surface area contributed by atoms with Crippen molar-refractivity contribution >= 4 is 17.5 Å². The van der Waals surface area contributed by atoms with Crippen molar-refractivity contribution in [2.45, 2.75) is 32.7 Å². The number of halogens is 2. The van der Waals surface area contributed by atoms with Gasteiger partial charge >= 0.3 is 0 Å². The number of hydrogen-bond donors (Lipinski definition) is 1. The van der Waals surface area contributed by atoms with Gasteiger partial charge in [0.05, 0.1) is 10.6 Å². The van der Waals surface area contributed by atoms with E-state index in [4.69, 9.17) is 11.6 Å². The van der Waals surface area contributed by atoms with E-state index in [1.807, 2.05) is 0 Å². The summed E-state index contributed by atoms with van der Waals surface area (Å²) in [5, 5.41) is 3.33. The first-order valence-corrected chi connectivity index (χ1v) is 7.83. The first kappa shape index (κ1) is 16.2. The van der Waals surface area contributed by atoms with Crippen LogP contribution in [0, 0.1) is 11.7 Å². The third kappa shape index (κ3) is 4.17. The van der Waals surface area contributed by atoms with E-state index < -0.39 is 5.82 Å². The van der Waals surface area contributed by atoms with E-state index in [0.717, 1.165) is 19.4 Å². The molecule has 1 heterocycles. The maximum absolute atomic E-state index is 13.5. The molecule has 1 saturated heterocycles. The number of amides is 1. The summed E-state index contributed by atoms with van der Waals surface area (Å²) in [6.07, 6.45) is 2.09. The number of carbonyl (C=O) groups excluding carboxylic acids is 1. The van der Waals surface area contributed by atoms with Crippen molar-refractivity contribution in [3.63, 3.8) is 0 Å². The molecule has 0 spiro atoms. The quantitative estimate of drug-likeness (QED) is 0.925. The highest BCUT2D eigenvalue weighted by Crippen LogP contribution is 2.24. The zero-order valence-corrected chi connectivity index (χ0v) is 13.3. The Morgan fingerprint density at radius 2 is 2.29 bits per heavy atom. The summed E-state index contributed by atoms with van der Waals surface area (Å²) >= 11 is 5.91. The van der Waals surface area contributed by atoms with Gasteiger partial charge in [-0.2, -0.15) is 0 Å². The fourth-order valence-electron chi connectivity index (χ4n) is 2.66. The van der Waals surface area contributed by atoms with E-state index in [0.29, 0.717) is 25.0 Å². The Morgan fingerprint density at radius 1 is 1.52 bits per heavy atom. The molecule has 1 N–H and O–H groups in total. The van der Waals surface area contributed by atoms with Crippen LogP contribution in [0.1, 0.15) is 37.0 Å². The summed E-state index contributed by atoms with van der Waals surface area (Å²) in [4.78, 5) is 14.3. The van der Waals surface area contributed by atoms with Crippen LogP contribution >= 0.6 is 11.6 Å². The minimum absolute atomic E-state index is 0.0788. The van der Waals surface area contributed by atoms with Crippen LogP contribution in [0.2, 0.25) is 5.02 Å². The Hall–Kier alpha value is -1.13. The molecule has 1 aromatic rings. The molecule has 0 aliphatic carbocycles. The standard InChI is InChI=1S/C16H22ClFN2O/c1-11(2)19-9-12-5-4-8-20(10-12)16(21)13-6-3-7-14(18)15(13)17/h3,6-7,11-12,19H,4-5,8-10H2,1-2H3. The van der Waals surface area contributed by atoms with E-state index in [2.05, 4.69) is 19.2 Å². The zero-order chi connectivity index (χ0) is 15.4. The lowest BCUT2D eigenvalue weighted by atomic mass is 9.97. The Bertz CT molecular complexity index is 507. The minimum Gasteiger partial charge on any atom is -0.338 e. The molecule has 21 heavy (non-hydrogen) atoms. The average molecular weight is 313 g/mol. The number of rotatable bonds is 4. The van der Waals surface area contributed by atoms with Gasteiger partial charge in [0, 0.05) is 19.1 Å². The van der Waals surface area contributed by atoms with Gasteiger partial charge in [0.1, 0.15) is 5.82 Å². The zero-order valence-electron chi connectivity index (χ0n) is 12.5. The first-order chi connectivity index (χ1) is 9.99. The van der Waals surface area contributed by atoms with Gasteiger partial charge in [-0.05, 0) is 37.4 Å². The Labute approximate surface area is 130 Å². The SMILES string of the molecule is CC(C)NCC1CCCN(C(=O)c2cccc(F)c2Cl)C1.